The molecule has 3 heteroatoms. The highest BCUT2D eigenvalue weighted by atomic mass is 19.1. The summed E-state index contributed by atoms with van der Waals surface area (Å²) in [5, 5.41) is 4.36. The maximum Gasteiger partial charge on any atom is 0.134 e. The Kier molecular flexibility index (Phi) is 3.11. The van der Waals surface area contributed by atoms with Crippen LogP contribution in [-0.4, -0.2) is 4.98 Å². The number of hydrogen-bond donors (Lipinski definition) is 1. The molecule has 0 fully saturated rings. The number of rotatable bonds is 2. The van der Waals surface area contributed by atoms with Gasteiger partial charge in [-0.15, -0.1) is 0 Å². The average molecular weight is 266 g/mol. The third kappa shape index (κ3) is 2.48. The van der Waals surface area contributed by atoms with E-state index < -0.39 is 0 Å². The third-order valence-electron chi connectivity index (χ3n) is 3.27. The Morgan fingerprint density at radius 1 is 0.950 bits per heavy atom. The van der Waals surface area contributed by atoms with Crippen LogP contribution in [0, 0.1) is 19.7 Å². The van der Waals surface area contributed by atoms with Gasteiger partial charge in [-0.3, -0.25) is 0 Å². The van der Waals surface area contributed by atoms with Crippen LogP contribution in [0.4, 0.5) is 15.9 Å². The van der Waals surface area contributed by atoms with Crippen molar-refractivity contribution in [3.63, 3.8) is 0 Å². The molecular weight excluding hydrogens is 251 g/mol. The second-order valence-corrected chi connectivity index (χ2v) is 4.98. The van der Waals surface area contributed by atoms with Crippen molar-refractivity contribution in [1.82, 2.24) is 4.98 Å². The second-order valence-electron chi connectivity index (χ2n) is 4.98. The van der Waals surface area contributed by atoms with Gasteiger partial charge < -0.3 is 5.32 Å². The smallest absolute Gasteiger partial charge is 0.134 e. The Bertz CT molecular complexity index is 764. The fourth-order valence-electron chi connectivity index (χ4n) is 2.18. The highest BCUT2D eigenvalue weighted by Crippen LogP contribution is 2.23. The van der Waals surface area contributed by atoms with E-state index in [0.717, 1.165) is 28.0 Å². The first-order valence-electron chi connectivity index (χ1n) is 6.52. The monoisotopic (exact) mass is 266 g/mol. The molecule has 0 saturated carbocycles. The zero-order chi connectivity index (χ0) is 14.1. The van der Waals surface area contributed by atoms with Crippen LogP contribution >= 0.6 is 0 Å². The van der Waals surface area contributed by atoms with Gasteiger partial charge in [0.1, 0.15) is 11.6 Å². The van der Waals surface area contributed by atoms with Crippen molar-refractivity contribution in [1.29, 1.82) is 0 Å². The molecule has 0 saturated heterocycles. The summed E-state index contributed by atoms with van der Waals surface area (Å²) in [6.45, 7) is 4.06. The maximum atomic E-state index is 12.9. The van der Waals surface area contributed by atoms with Gasteiger partial charge in [-0.2, -0.15) is 0 Å². The summed E-state index contributed by atoms with van der Waals surface area (Å²) in [4.78, 5) is 4.65. The van der Waals surface area contributed by atoms with Crippen LogP contribution in [0.3, 0.4) is 0 Å². The molecule has 0 atom stereocenters. The minimum atomic E-state index is -0.241. The van der Waals surface area contributed by atoms with Crippen LogP contribution in [0.25, 0.3) is 10.9 Å². The number of hydrogen-bond acceptors (Lipinski definition) is 2. The second kappa shape index (κ2) is 4.93. The Labute approximate surface area is 117 Å². The Morgan fingerprint density at radius 3 is 2.45 bits per heavy atom. The Morgan fingerprint density at radius 2 is 1.70 bits per heavy atom. The molecule has 0 aliphatic rings. The van der Waals surface area contributed by atoms with Crippen LogP contribution in [0.2, 0.25) is 0 Å². The van der Waals surface area contributed by atoms with Crippen molar-refractivity contribution in [3.05, 3.63) is 65.5 Å². The fourth-order valence-corrected chi connectivity index (χ4v) is 2.18. The quantitative estimate of drug-likeness (QED) is 0.725. The summed E-state index contributed by atoms with van der Waals surface area (Å²) >= 11 is 0. The third-order valence-corrected chi connectivity index (χ3v) is 3.27. The fraction of sp³-hybridized carbons (Fsp3) is 0.118. The summed E-state index contributed by atoms with van der Waals surface area (Å²) in [6, 6.07) is 14.6. The lowest BCUT2D eigenvalue weighted by Crippen LogP contribution is -1.97. The molecule has 0 aliphatic carbocycles. The van der Waals surface area contributed by atoms with Gasteiger partial charge in [0, 0.05) is 11.1 Å². The van der Waals surface area contributed by atoms with Gasteiger partial charge in [0.2, 0.25) is 0 Å². The molecule has 2 nitrogen and oxygen atoms in total. The lowest BCUT2D eigenvalue weighted by atomic mass is 10.1. The molecule has 3 rings (SSSR count). The number of nitrogens with one attached hydrogen (secondary N) is 1. The van der Waals surface area contributed by atoms with E-state index in [2.05, 4.69) is 34.6 Å². The number of halogens is 1. The summed E-state index contributed by atoms with van der Waals surface area (Å²) in [5.41, 5.74) is 4.03. The van der Waals surface area contributed by atoms with Crippen molar-refractivity contribution < 1.29 is 4.39 Å². The number of pyridine rings is 1. The summed E-state index contributed by atoms with van der Waals surface area (Å²) in [7, 11) is 0. The van der Waals surface area contributed by atoms with Crippen LogP contribution in [-0.2, 0) is 0 Å². The number of anilines is 2. The van der Waals surface area contributed by atoms with Crippen molar-refractivity contribution >= 4 is 22.4 Å². The first-order chi connectivity index (χ1) is 9.61. The minimum Gasteiger partial charge on any atom is -0.340 e. The van der Waals surface area contributed by atoms with Gasteiger partial charge in [0.05, 0.1) is 5.52 Å². The standard InChI is InChI=1S/C17H15FN2/c1-11-3-4-13-10-12(2)17(20-16(13)9-11)19-15-7-5-14(18)6-8-15/h3-10H,1-2H3,(H,19,20). The molecule has 0 radical (unpaired) electrons. The van der Waals surface area contributed by atoms with Gasteiger partial charge in [-0.1, -0.05) is 12.1 Å². The number of aromatic nitrogens is 1. The van der Waals surface area contributed by atoms with Crippen LogP contribution in [0.1, 0.15) is 11.1 Å². The molecule has 0 bridgehead atoms. The first-order valence-corrected chi connectivity index (χ1v) is 6.52. The van der Waals surface area contributed by atoms with E-state index in [1.54, 1.807) is 12.1 Å². The van der Waals surface area contributed by atoms with E-state index >= 15 is 0 Å². The molecule has 0 unspecified atom stereocenters. The molecule has 0 amide bonds. The van der Waals surface area contributed by atoms with E-state index in [9.17, 15) is 4.39 Å². The predicted molar refractivity (Wildman–Crippen MR) is 80.9 cm³/mol. The van der Waals surface area contributed by atoms with Gasteiger partial charge in [-0.05, 0) is 61.4 Å². The minimum absolute atomic E-state index is 0.241. The van der Waals surface area contributed by atoms with Crippen LogP contribution < -0.4 is 5.32 Å². The van der Waals surface area contributed by atoms with E-state index in [1.165, 1.54) is 17.7 Å². The molecule has 100 valence electrons. The SMILES string of the molecule is Cc1ccc2cc(C)c(Nc3ccc(F)cc3)nc2c1. The summed E-state index contributed by atoms with van der Waals surface area (Å²) < 4.78 is 12.9. The van der Waals surface area contributed by atoms with Gasteiger partial charge in [0.15, 0.2) is 0 Å². The van der Waals surface area contributed by atoms with Gasteiger partial charge in [-0.25, -0.2) is 9.37 Å². The molecular formula is C17H15FN2. The molecule has 20 heavy (non-hydrogen) atoms. The molecule has 2 aromatic carbocycles. The summed E-state index contributed by atoms with van der Waals surface area (Å²) in [5.74, 6) is 0.559. The lowest BCUT2D eigenvalue weighted by molar-refractivity contribution is 0.628. The van der Waals surface area contributed by atoms with E-state index in [4.69, 9.17) is 0 Å². The van der Waals surface area contributed by atoms with Crippen molar-refractivity contribution in [2.24, 2.45) is 0 Å². The lowest BCUT2D eigenvalue weighted by Gasteiger charge is -2.10. The van der Waals surface area contributed by atoms with E-state index in [-0.39, 0.29) is 5.82 Å². The normalized spacial score (nSPS) is 10.8. The molecule has 3 aromatic rings. The Balaban J connectivity index is 2.02. The van der Waals surface area contributed by atoms with Gasteiger partial charge in [0.25, 0.3) is 0 Å². The average Bonchev–Trinajstić information content (AvgIpc) is 2.42. The molecule has 0 aliphatic heterocycles. The highest BCUT2D eigenvalue weighted by Gasteiger charge is 2.04. The molecule has 0 spiro atoms. The van der Waals surface area contributed by atoms with Crippen molar-refractivity contribution in [3.8, 4) is 0 Å². The first kappa shape index (κ1) is 12.6. The number of benzene rings is 2. The summed E-state index contributed by atoms with van der Waals surface area (Å²) in [6.07, 6.45) is 0. The predicted octanol–water partition coefficient (Wildman–Crippen LogP) is 4.73. The zero-order valence-electron chi connectivity index (χ0n) is 11.4. The molecule has 1 N–H and O–H groups in total. The largest absolute Gasteiger partial charge is 0.340 e. The highest BCUT2D eigenvalue weighted by molar-refractivity contribution is 5.83. The Hall–Kier alpha value is -2.42. The molecule has 1 heterocycles. The number of aryl methyl sites for hydroxylation is 2. The van der Waals surface area contributed by atoms with Crippen molar-refractivity contribution in [2.75, 3.05) is 5.32 Å². The zero-order valence-corrected chi connectivity index (χ0v) is 11.4. The van der Waals surface area contributed by atoms with Crippen LogP contribution in [0.5, 0.6) is 0 Å². The van der Waals surface area contributed by atoms with E-state index in [1.807, 2.05) is 13.8 Å². The van der Waals surface area contributed by atoms with Gasteiger partial charge >= 0.3 is 0 Å². The molecule has 1 aromatic heterocycles. The van der Waals surface area contributed by atoms with Crippen molar-refractivity contribution in [2.45, 2.75) is 13.8 Å². The van der Waals surface area contributed by atoms with Crippen LogP contribution in [0.15, 0.2) is 48.5 Å². The number of nitrogens with zero attached hydrogens (tertiary/aromatic N) is 1. The number of fused-ring (bicyclic) bond motifs is 1. The maximum absolute atomic E-state index is 12.9. The topological polar surface area (TPSA) is 24.9 Å². The van der Waals surface area contributed by atoms with E-state index in [0.29, 0.717) is 0 Å².